The zero-order valence-electron chi connectivity index (χ0n) is 8.92. The maximum absolute atomic E-state index is 13.6. The van der Waals surface area contributed by atoms with E-state index >= 15 is 0 Å². The summed E-state index contributed by atoms with van der Waals surface area (Å²) in [5, 5.41) is 0. The fourth-order valence-corrected chi connectivity index (χ4v) is 2.01. The third kappa shape index (κ3) is 1.88. The van der Waals surface area contributed by atoms with Crippen LogP contribution in [-0.4, -0.2) is 15.0 Å². The van der Waals surface area contributed by atoms with Gasteiger partial charge in [0.1, 0.15) is 17.5 Å². The second-order valence-electron chi connectivity index (χ2n) is 3.73. The molecule has 1 aromatic carbocycles. The third-order valence-corrected chi connectivity index (χ3v) is 2.92. The molecule has 3 nitrogen and oxygen atoms in total. The van der Waals surface area contributed by atoms with Gasteiger partial charge in [-0.3, -0.25) is 0 Å². The van der Waals surface area contributed by atoms with Crippen LogP contribution in [0.15, 0.2) is 34.9 Å². The Hall–Kier alpha value is -1.82. The van der Waals surface area contributed by atoms with Crippen molar-refractivity contribution in [3.8, 4) is 11.4 Å². The fourth-order valence-electron chi connectivity index (χ4n) is 1.68. The highest BCUT2D eigenvalue weighted by Crippen LogP contribution is 2.24. The molecule has 0 saturated heterocycles. The number of aromatic nitrogens is 3. The van der Waals surface area contributed by atoms with Gasteiger partial charge in [0, 0.05) is 10.7 Å². The van der Waals surface area contributed by atoms with E-state index in [0.29, 0.717) is 11.2 Å². The Kier molecular flexibility index (Phi) is 2.59. The maximum atomic E-state index is 13.6. The zero-order chi connectivity index (χ0) is 12.7. The van der Waals surface area contributed by atoms with Gasteiger partial charge in [-0.05, 0) is 40.2 Å². The van der Waals surface area contributed by atoms with Crippen molar-refractivity contribution in [3.05, 3.63) is 46.6 Å². The van der Waals surface area contributed by atoms with Gasteiger partial charge in [-0.1, -0.05) is 0 Å². The first-order valence-electron chi connectivity index (χ1n) is 5.10. The molecule has 18 heavy (non-hydrogen) atoms. The third-order valence-electron chi connectivity index (χ3n) is 2.49. The Bertz CT molecular complexity index is 739. The molecule has 0 aliphatic heterocycles. The Morgan fingerprint density at radius 1 is 1.17 bits per heavy atom. The second-order valence-corrected chi connectivity index (χ2v) is 4.65. The van der Waals surface area contributed by atoms with Gasteiger partial charge in [0.25, 0.3) is 0 Å². The number of H-pyrrole nitrogens is 1. The van der Waals surface area contributed by atoms with Crippen molar-refractivity contribution in [1.82, 2.24) is 15.0 Å². The van der Waals surface area contributed by atoms with Gasteiger partial charge in [0.05, 0.1) is 11.1 Å². The van der Waals surface area contributed by atoms with Crippen LogP contribution in [-0.2, 0) is 0 Å². The minimum Gasteiger partial charge on any atom is -0.336 e. The van der Waals surface area contributed by atoms with Crippen molar-refractivity contribution in [2.45, 2.75) is 0 Å². The molecule has 0 unspecified atom stereocenters. The molecular formula is C12H6BrF2N3. The van der Waals surface area contributed by atoms with Crippen LogP contribution in [0.5, 0.6) is 0 Å². The lowest BCUT2D eigenvalue weighted by atomic mass is 10.2. The van der Waals surface area contributed by atoms with Crippen LogP contribution < -0.4 is 0 Å². The summed E-state index contributed by atoms with van der Waals surface area (Å²) in [4.78, 5) is 11.1. The number of imidazole rings is 1. The molecule has 0 spiro atoms. The Morgan fingerprint density at radius 2 is 2.00 bits per heavy atom. The largest absolute Gasteiger partial charge is 0.336 e. The van der Waals surface area contributed by atoms with Gasteiger partial charge in [-0.2, -0.15) is 0 Å². The van der Waals surface area contributed by atoms with E-state index in [2.05, 4.69) is 30.9 Å². The van der Waals surface area contributed by atoms with E-state index in [9.17, 15) is 8.78 Å². The Morgan fingerprint density at radius 3 is 2.83 bits per heavy atom. The van der Waals surface area contributed by atoms with Crippen molar-refractivity contribution in [2.24, 2.45) is 0 Å². The maximum Gasteiger partial charge on any atom is 0.178 e. The zero-order valence-corrected chi connectivity index (χ0v) is 10.5. The van der Waals surface area contributed by atoms with E-state index in [4.69, 9.17) is 0 Å². The van der Waals surface area contributed by atoms with Crippen LogP contribution in [0.1, 0.15) is 0 Å². The van der Waals surface area contributed by atoms with Crippen molar-refractivity contribution in [1.29, 1.82) is 0 Å². The lowest BCUT2D eigenvalue weighted by Gasteiger charge is -1.98. The van der Waals surface area contributed by atoms with Crippen molar-refractivity contribution in [2.75, 3.05) is 0 Å². The minimum atomic E-state index is -0.533. The number of hydrogen-bond donors (Lipinski definition) is 1. The number of hydrogen-bond acceptors (Lipinski definition) is 2. The summed E-state index contributed by atoms with van der Waals surface area (Å²) in [6.07, 6.45) is 1.59. The number of halogens is 3. The molecule has 0 aliphatic rings. The number of rotatable bonds is 1. The van der Waals surface area contributed by atoms with Crippen molar-refractivity contribution < 1.29 is 8.78 Å². The number of fused-ring (bicyclic) bond motifs is 1. The average Bonchev–Trinajstić information content (AvgIpc) is 2.74. The minimum absolute atomic E-state index is 0.0872. The van der Waals surface area contributed by atoms with Crippen LogP contribution in [0.4, 0.5) is 8.78 Å². The molecular weight excluding hydrogens is 304 g/mol. The first-order valence-corrected chi connectivity index (χ1v) is 5.89. The van der Waals surface area contributed by atoms with Crippen LogP contribution in [0.25, 0.3) is 22.6 Å². The Balaban J connectivity index is 2.22. The Labute approximate surface area is 109 Å². The predicted molar refractivity (Wildman–Crippen MR) is 66.9 cm³/mol. The van der Waals surface area contributed by atoms with E-state index in [-0.39, 0.29) is 11.4 Å². The van der Waals surface area contributed by atoms with Crippen LogP contribution in [0.2, 0.25) is 0 Å². The van der Waals surface area contributed by atoms with E-state index in [0.717, 1.165) is 22.7 Å². The quantitative estimate of drug-likeness (QED) is 0.745. The van der Waals surface area contributed by atoms with Crippen LogP contribution >= 0.6 is 15.9 Å². The first kappa shape index (κ1) is 11.3. The monoisotopic (exact) mass is 309 g/mol. The molecule has 3 rings (SSSR count). The smallest absolute Gasteiger partial charge is 0.178 e. The molecule has 3 aromatic rings. The standard InChI is InChI=1S/C12H6BrF2N3/c13-6-3-10-12(16-5-6)18-11(17-10)8-4-7(14)1-2-9(8)15/h1-5H,(H,16,17,18). The summed E-state index contributed by atoms with van der Waals surface area (Å²) < 4.78 is 27.5. The first-order chi connectivity index (χ1) is 8.63. The number of nitrogens with one attached hydrogen (secondary N) is 1. The summed E-state index contributed by atoms with van der Waals surface area (Å²) in [6.45, 7) is 0. The van der Waals surface area contributed by atoms with Gasteiger partial charge in [0.15, 0.2) is 5.65 Å². The van der Waals surface area contributed by atoms with Crippen LogP contribution in [0.3, 0.4) is 0 Å². The van der Waals surface area contributed by atoms with Crippen molar-refractivity contribution in [3.63, 3.8) is 0 Å². The lowest BCUT2D eigenvalue weighted by molar-refractivity contribution is 0.602. The number of nitrogens with zero attached hydrogens (tertiary/aromatic N) is 2. The van der Waals surface area contributed by atoms with Crippen LogP contribution in [0, 0.1) is 11.6 Å². The predicted octanol–water partition coefficient (Wildman–Crippen LogP) is 3.67. The molecule has 2 aromatic heterocycles. The SMILES string of the molecule is Fc1ccc(F)c(-c2nc3ncc(Br)cc3[nH]2)c1. The number of aromatic amines is 1. The highest BCUT2D eigenvalue weighted by Gasteiger charge is 2.11. The van der Waals surface area contributed by atoms with Gasteiger partial charge in [0.2, 0.25) is 0 Å². The average molecular weight is 310 g/mol. The lowest BCUT2D eigenvalue weighted by Crippen LogP contribution is -1.88. The molecule has 1 N–H and O–H groups in total. The van der Waals surface area contributed by atoms with Crippen molar-refractivity contribution >= 4 is 27.1 Å². The normalized spacial score (nSPS) is 11.1. The fraction of sp³-hybridized carbons (Fsp3) is 0. The topological polar surface area (TPSA) is 41.6 Å². The highest BCUT2D eigenvalue weighted by atomic mass is 79.9. The molecule has 0 radical (unpaired) electrons. The van der Waals surface area contributed by atoms with E-state index in [1.807, 2.05) is 0 Å². The van der Waals surface area contributed by atoms with Gasteiger partial charge in [-0.15, -0.1) is 0 Å². The molecule has 90 valence electrons. The van der Waals surface area contributed by atoms with Gasteiger partial charge < -0.3 is 4.98 Å². The molecule has 0 amide bonds. The number of pyridine rings is 1. The van der Waals surface area contributed by atoms with Gasteiger partial charge >= 0.3 is 0 Å². The van der Waals surface area contributed by atoms with E-state index < -0.39 is 11.6 Å². The summed E-state index contributed by atoms with van der Waals surface area (Å²) in [5.41, 5.74) is 1.20. The number of benzene rings is 1. The summed E-state index contributed by atoms with van der Waals surface area (Å²) in [6, 6.07) is 5.01. The van der Waals surface area contributed by atoms with E-state index in [1.165, 1.54) is 0 Å². The molecule has 0 fully saturated rings. The molecule has 0 aliphatic carbocycles. The second kappa shape index (κ2) is 4.13. The summed E-state index contributed by atoms with van der Waals surface area (Å²) >= 11 is 3.28. The van der Waals surface area contributed by atoms with Gasteiger partial charge in [-0.25, -0.2) is 18.7 Å². The molecule has 0 saturated carbocycles. The molecule has 2 heterocycles. The summed E-state index contributed by atoms with van der Waals surface area (Å²) in [5.74, 6) is -0.789. The summed E-state index contributed by atoms with van der Waals surface area (Å²) in [7, 11) is 0. The molecule has 0 atom stereocenters. The van der Waals surface area contributed by atoms with E-state index in [1.54, 1.807) is 12.3 Å². The highest BCUT2D eigenvalue weighted by molar-refractivity contribution is 9.10. The molecule has 0 bridgehead atoms. The molecule has 6 heteroatoms.